The van der Waals surface area contributed by atoms with Crippen LogP contribution in [0.3, 0.4) is 0 Å². The highest BCUT2D eigenvalue weighted by atomic mass is 32.2. The minimum atomic E-state index is -1.10. The lowest BCUT2D eigenvalue weighted by Crippen LogP contribution is -2.18. The summed E-state index contributed by atoms with van der Waals surface area (Å²) in [5.41, 5.74) is -0.195. The van der Waals surface area contributed by atoms with E-state index in [-0.39, 0.29) is 10.6 Å². The summed E-state index contributed by atoms with van der Waals surface area (Å²) in [5.74, 6) is -0.464. The fourth-order valence-corrected chi connectivity index (χ4v) is 2.46. The molecule has 0 atom stereocenters. The van der Waals surface area contributed by atoms with Crippen LogP contribution in [0.1, 0.15) is 35.3 Å². The second-order valence-electron chi connectivity index (χ2n) is 3.62. The molecular weight excluding hydrogens is 254 g/mol. The van der Waals surface area contributed by atoms with Gasteiger partial charge in [-0.15, -0.1) is 11.8 Å². The lowest BCUT2D eigenvalue weighted by atomic mass is 10.2. The zero-order valence-electron chi connectivity index (χ0n) is 9.89. The van der Waals surface area contributed by atoms with Crippen LogP contribution in [0.4, 0.5) is 0 Å². The Hall–Kier alpha value is -1.81. The third-order valence-electron chi connectivity index (χ3n) is 2.22. The number of H-pyrrole nitrogens is 1. The number of hydrogen-bond donors (Lipinski definition) is 2. The van der Waals surface area contributed by atoms with Crippen molar-refractivity contribution in [3.63, 3.8) is 0 Å². The van der Waals surface area contributed by atoms with Crippen LogP contribution in [0.15, 0.2) is 9.82 Å². The molecule has 0 unspecified atom stereocenters. The highest BCUT2D eigenvalue weighted by molar-refractivity contribution is 7.99. The first-order chi connectivity index (χ1) is 8.56. The molecule has 96 valence electrons. The van der Waals surface area contributed by atoms with Gasteiger partial charge in [-0.3, -0.25) is 0 Å². The van der Waals surface area contributed by atoms with Gasteiger partial charge in [0.25, 0.3) is 0 Å². The smallest absolute Gasteiger partial charge is 0.346 e. The zero-order valence-corrected chi connectivity index (χ0v) is 10.7. The Morgan fingerprint density at radius 2 is 2.28 bits per heavy atom. The van der Waals surface area contributed by atoms with Gasteiger partial charge in [0.15, 0.2) is 0 Å². The van der Waals surface area contributed by atoms with Crippen LogP contribution in [-0.4, -0.2) is 26.8 Å². The molecule has 1 aromatic rings. The predicted octanol–water partition coefficient (Wildman–Crippen LogP) is 1.56. The van der Waals surface area contributed by atoms with E-state index in [1.165, 1.54) is 18.7 Å². The number of unbranched alkanes of at least 4 members (excludes halogenated alkanes) is 2. The minimum absolute atomic E-state index is 0.0416. The van der Waals surface area contributed by atoms with Gasteiger partial charge in [-0.1, -0.05) is 0 Å². The minimum Gasteiger partial charge on any atom is -0.478 e. The lowest BCUT2D eigenvalue weighted by molar-refractivity contribution is 0.0690. The number of rotatable bonds is 6. The first kappa shape index (κ1) is 14.3. The summed E-state index contributed by atoms with van der Waals surface area (Å²) in [5, 5.41) is 17.7. The molecule has 0 amide bonds. The fourth-order valence-electron chi connectivity index (χ4n) is 1.39. The second kappa shape index (κ2) is 6.81. The molecule has 0 aliphatic heterocycles. The van der Waals surface area contributed by atoms with Crippen LogP contribution >= 0.6 is 11.8 Å². The molecule has 0 fully saturated rings. The van der Waals surface area contributed by atoms with Crippen molar-refractivity contribution in [2.75, 3.05) is 5.75 Å². The van der Waals surface area contributed by atoms with Crippen molar-refractivity contribution in [2.45, 2.75) is 31.2 Å². The van der Waals surface area contributed by atoms with Crippen LogP contribution in [0.25, 0.3) is 0 Å². The third kappa shape index (κ3) is 3.89. The largest absolute Gasteiger partial charge is 0.478 e. The number of nitriles is 1. The molecule has 0 saturated heterocycles. The zero-order chi connectivity index (χ0) is 13.5. The molecule has 0 aliphatic carbocycles. The summed E-state index contributed by atoms with van der Waals surface area (Å²) in [6.45, 7) is 1.53. The first-order valence-electron chi connectivity index (χ1n) is 5.40. The van der Waals surface area contributed by atoms with E-state index in [0.29, 0.717) is 17.9 Å². The van der Waals surface area contributed by atoms with Gasteiger partial charge < -0.3 is 10.1 Å². The molecule has 7 heteroatoms. The highest BCUT2D eigenvalue weighted by Crippen LogP contribution is 2.22. The molecule has 6 nitrogen and oxygen atoms in total. The van der Waals surface area contributed by atoms with Crippen molar-refractivity contribution in [1.29, 1.82) is 5.26 Å². The molecule has 0 radical (unpaired) electrons. The van der Waals surface area contributed by atoms with E-state index < -0.39 is 11.7 Å². The van der Waals surface area contributed by atoms with Gasteiger partial charge in [-0.25, -0.2) is 9.59 Å². The Morgan fingerprint density at radius 1 is 1.56 bits per heavy atom. The van der Waals surface area contributed by atoms with Gasteiger partial charge in [0.05, 0.1) is 6.07 Å². The van der Waals surface area contributed by atoms with Crippen LogP contribution in [-0.2, 0) is 0 Å². The van der Waals surface area contributed by atoms with Gasteiger partial charge in [-0.2, -0.15) is 10.2 Å². The van der Waals surface area contributed by atoms with Crippen molar-refractivity contribution in [1.82, 2.24) is 9.97 Å². The van der Waals surface area contributed by atoms with E-state index in [1.807, 2.05) is 6.07 Å². The van der Waals surface area contributed by atoms with Gasteiger partial charge >= 0.3 is 11.7 Å². The lowest BCUT2D eigenvalue weighted by Gasteiger charge is -2.06. The molecule has 0 aliphatic rings. The number of carboxylic acids is 1. The number of aromatic amines is 1. The van der Waals surface area contributed by atoms with E-state index >= 15 is 0 Å². The van der Waals surface area contributed by atoms with Crippen LogP contribution in [0.2, 0.25) is 0 Å². The summed E-state index contributed by atoms with van der Waals surface area (Å²) < 4.78 is 0. The van der Waals surface area contributed by atoms with Gasteiger partial charge in [0.2, 0.25) is 0 Å². The Labute approximate surface area is 108 Å². The third-order valence-corrected chi connectivity index (χ3v) is 3.28. The monoisotopic (exact) mass is 267 g/mol. The number of aromatic nitrogens is 2. The van der Waals surface area contributed by atoms with E-state index in [9.17, 15) is 9.59 Å². The number of carboxylic acid groups (broad SMARTS) is 1. The molecule has 0 bridgehead atoms. The Morgan fingerprint density at radius 3 is 2.89 bits per heavy atom. The maximum Gasteiger partial charge on any atom is 0.346 e. The summed E-state index contributed by atoms with van der Waals surface area (Å²) in [6.07, 6.45) is 2.02. The molecule has 1 rings (SSSR count). The SMILES string of the molecule is Cc1[nH]c(=O)nc(SCCCCC#N)c1C(=O)O. The van der Waals surface area contributed by atoms with Crippen molar-refractivity contribution >= 4 is 17.7 Å². The van der Waals surface area contributed by atoms with E-state index in [1.54, 1.807) is 0 Å². The standard InChI is InChI=1S/C11H13N3O3S/c1-7-8(10(15)16)9(14-11(17)13-7)18-6-4-2-3-5-12/h2-4,6H2,1H3,(H,15,16)(H,13,14,17). The van der Waals surface area contributed by atoms with Gasteiger partial charge in [0, 0.05) is 12.1 Å². The Kier molecular flexibility index (Phi) is 5.39. The molecule has 0 aromatic carbocycles. The van der Waals surface area contributed by atoms with Gasteiger partial charge in [-0.05, 0) is 25.5 Å². The number of aromatic carboxylic acids is 1. The maximum atomic E-state index is 11.2. The summed E-state index contributed by atoms with van der Waals surface area (Å²) in [7, 11) is 0. The van der Waals surface area contributed by atoms with E-state index in [2.05, 4.69) is 9.97 Å². The maximum absolute atomic E-state index is 11.2. The van der Waals surface area contributed by atoms with Crippen LogP contribution in [0, 0.1) is 18.3 Å². The molecule has 1 heterocycles. The molecule has 1 aromatic heterocycles. The molecule has 18 heavy (non-hydrogen) atoms. The topological polar surface area (TPSA) is 107 Å². The Bertz CT molecular complexity index is 533. The summed E-state index contributed by atoms with van der Waals surface area (Å²) in [4.78, 5) is 28.3. The highest BCUT2D eigenvalue weighted by Gasteiger charge is 2.16. The van der Waals surface area contributed by atoms with E-state index in [0.717, 1.165) is 12.8 Å². The number of nitrogens with one attached hydrogen (secondary N) is 1. The van der Waals surface area contributed by atoms with Crippen molar-refractivity contribution in [3.05, 3.63) is 21.7 Å². The second-order valence-corrected chi connectivity index (χ2v) is 4.70. The van der Waals surface area contributed by atoms with Crippen molar-refractivity contribution < 1.29 is 9.90 Å². The van der Waals surface area contributed by atoms with Crippen LogP contribution < -0.4 is 5.69 Å². The fraction of sp³-hybridized carbons (Fsp3) is 0.455. The average Bonchev–Trinajstić information content (AvgIpc) is 2.27. The van der Waals surface area contributed by atoms with E-state index in [4.69, 9.17) is 10.4 Å². The first-order valence-corrected chi connectivity index (χ1v) is 6.38. The number of carbonyl (C=O) groups is 1. The molecule has 0 spiro atoms. The Balaban J connectivity index is 2.78. The number of hydrogen-bond acceptors (Lipinski definition) is 5. The predicted molar refractivity (Wildman–Crippen MR) is 66.7 cm³/mol. The van der Waals surface area contributed by atoms with Crippen molar-refractivity contribution in [2.24, 2.45) is 0 Å². The number of nitrogens with zero attached hydrogens (tertiary/aromatic N) is 2. The normalized spacial score (nSPS) is 10.0. The molecule has 0 saturated carbocycles. The number of aryl methyl sites for hydroxylation is 1. The number of thioether (sulfide) groups is 1. The molecular formula is C11H13N3O3S. The average molecular weight is 267 g/mol. The summed E-state index contributed by atoms with van der Waals surface area (Å²) >= 11 is 1.23. The molecule has 2 N–H and O–H groups in total. The quantitative estimate of drug-likeness (QED) is 0.460. The van der Waals surface area contributed by atoms with Crippen LogP contribution in [0.5, 0.6) is 0 Å². The van der Waals surface area contributed by atoms with Crippen molar-refractivity contribution in [3.8, 4) is 6.07 Å². The summed E-state index contributed by atoms with van der Waals surface area (Å²) in [6, 6.07) is 2.04. The van der Waals surface area contributed by atoms with Gasteiger partial charge in [0.1, 0.15) is 10.6 Å².